The maximum absolute atomic E-state index is 13.2. The Balaban J connectivity index is 1.97. The maximum atomic E-state index is 13.2. The van der Waals surface area contributed by atoms with E-state index in [1.165, 1.54) is 0 Å². The van der Waals surface area contributed by atoms with Crippen LogP contribution in [0.2, 0.25) is 0 Å². The molecule has 0 aliphatic carbocycles. The monoisotopic (exact) mass is 243 g/mol. The molecule has 92 valence electrons. The molecule has 1 atom stereocenters. The number of esters is 1. The first-order valence-electron chi connectivity index (χ1n) is 5.23. The van der Waals surface area contributed by atoms with Crippen LogP contribution >= 0.6 is 0 Å². The minimum absolute atomic E-state index is 0.133. The summed E-state index contributed by atoms with van der Waals surface area (Å²) in [6.45, 7) is 1.32. The van der Waals surface area contributed by atoms with Gasteiger partial charge in [0.05, 0.1) is 13.2 Å². The summed E-state index contributed by atoms with van der Waals surface area (Å²) in [5.74, 6) is -3.33. The summed E-state index contributed by atoms with van der Waals surface area (Å²) in [7, 11) is 0. The molecule has 6 heteroatoms. The molecule has 1 aromatic rings. The van der Waals surface area contributed by atoms with E-state index in [-0.39, 0.29) is 12.5 Å². The van der Waals surface area contributed by atoms with Crippen LogP contribution in [0.15, 0.2) is 12.3 Å². The second kappa shape index (κ2) is 5.18. The number of aromatic nitrogens is 1. The summed E-state index contributed by atoms with van der Waals surface area (Å²) < 4.78 is 36.0. The molecule has 0 bridgehead atoms. The second-order valence-corrected chi connectivity index (χ2v) is 3.79. The number of hydrogen-bond donors (Lipinski definition) is 0. The Labute approximate surface area is 96.6 Å². The van der Waals surface area contributed by atoms with Crippen molar-refractivity contribution >= 4 is 5.97 Å². The van der Waals surface area contributed by atoms with Gasteiger partial charge in [-0.2, -0.15) is 4.39 Å². The predicted octanol–water partition coefficient (Wildman–Crippen LogP) is 1.55. The quantitative estimate of drug-likeness (QED) is 0.597. The van der Waals surface area contributed by atoms with Gasteiger partial charge in [-0.25, -0.2) is 14.2 Å². The highest BCUT2D eigenvalue weighted by Crippen LogP contribution is 2.15. The zero-order valence-electron chi connectivity index (χ0n) is 8.99. The molecule has 0 radical (unpaired) electrons. The van der Waals surface area contributed by atoms with Gasteiger partial charge < -0.3 is 9.47 Å². The number of nitrogens with zero attached hydrogens (tertiary/aromatic N) is 1. The summed E-state index contributed by atoms with van der Waals surface area (Å²) in [5.41, 5.74) is -0.434. The molecule has 0 spiro atoms. The number of hydrogen-bond acceptors (Lipinski definition) is 4. The highest BCUT2D eigenvalue weighted by atomic mass is 19.2. The van der Waals surface area contributed by atoms with Gasteiger partial charge in [0.2, 0.25) is 5.95 Å². The van der Waals surface area contributed by atoms with Crippen LogP contribution in [0, 0.1) is 17.7 Å². The second-order valence-electron chi connectivity index (χ2n) is 3.79. The molecule has 2 rings (SSSR count). The summed E-state index contributed by atoms with van der Waals surface area (Å²) in [5, 5.41) is 0. The zero-order chi connectivity index (χ0) is 12.3. The Morgan fingerprint density at radius 3 is 3.12 bits per heavy atom. The third-order valence-corrected chi connectivity index (χ3v) is 2.54. The number of ether oxygens (including phenoxy) is 2. The Morgan fingerprint density at radius 1 is 1.59 bits per heavy atom. The summed E-state index contributed by atoms with van der Waals surface area (Å²) in [6.07, 6.45) is 1.83. The molecule has 1 unspecified atom stereocenters. The molecule has 1 saturated heterocycles. The molecule has 0 aromatic carbocycles. The number of rotatable bonds is 3. The first kappa shape index (κ1) is 11.9. The van der Waals surface area contributed by atoms with Crippen molar-refractivity contribution in [1.82, 2.24) is 4.98 Å². The van der Waals surface area contributed by atoms with Crippen LogP contribution in [0.1, 0.15) is 16.8 Å². The molecule has 0 N–H and O–H groups in total. The lowest BCUT2D eigenvalue weighted by Gasteiger charge is -2.09. The van der Waals surface area contributed by atoms with E-state index in [1.54, 1.807) is 0 Å². The van der Waals surface area contributed by atoms with Crippen molar-refractivity contribution in [3.8, 4) is 0 Å². The van der Waals surface area contributed by atoms with Crippen LogP contribution in [0.5, 0.6) is 0 Å². The van der Waals surface area contributed by atoms with Crippen LogP contribution < -0.4 is 0 Å². The van der Waals surface area contributed by atoms with E-state index in [0.29, 0.717) is 13.2 Å². The van der Waals surface area contributed by atoms with Crippen LogP contribution in [0.4, 0.5) is 8.78 Å². The van der Waals surface area contributed by atoms with Crippen molar-refractivity contribution in [2.75, 3.05) is 19.8 Å². The van der Waals surface area contributed by atoms with Crippen molar-refractivity contribution in [3.05, 3.63) is 29.6 Å². The van der Waals surface area contributed by atoms with Gasteiger partial charge in [0, 0.05) is 18.7 Å². The Hall–Kier alpha value is -1.56. The number of pyridine rings is 1. The zero-order valence-corrected chi connectivity index (χ0v) is 8.99. The molecule has 0 amide bonds. The average molecular weight is 243 g/mol. The number of halogens is 2. The number of carbonyl (C=O) groups excluding carboxylic acids is 1. The lowest BCUT2D eigenvalue weighted by Crippen LogP contribution is -2.16. The smallest absolute Gasteiger partial charge is 0.341 e. The van der Waals surface area contributed by atoms with Gasteiger partial charge >= 0.3 is 5.97 Å². The van der Waals surface area contributed by atoms with Crippen molar-refractivity contribution in [1.29, 1.82) is 0 Å². The van der Waals surface area contributed by atoms with E-state index >= 15 is 0 Å². The van der Waals surface area contributed by atoms with Gasteiger partial charge in [-0.05, 0) is 12.5 Å². The minimum atomic E-state index is -1.30. The maximum Gasteiger partial charge on any atom is 0.341 e. The molecule has 2 heterocycles. The first-order chi connectivity index (χ1) is 8.18. The van der Waals surface area contributed by atoms with Crippen LogP contribution in [-0.4, -0.2) is 30.8 Å². The molecule has 0 saturated carbocycles. The Morgan fingerprint density at radius 2 is 2.41 bits per heavy atom. The molecule has 1 aliphatic rings. The summed E-state index contributed by atoms with van der Waals surface area (Å²) in [4.78, 5) is 14.6. The van der Waals surface area contributed by atoms with Gasteiger partial charge in [0.25, 0.3) is 0 Å². The van der Waals surface area contributed by atoms with E-state index < -0.39 is 23.3 Å². The third kappa shape index (κ3) is 2.76. The van der Waals surface area contributed by atoms with Gasteiger partial charge in [-0.3, -0.25) is 0 Å². The highest BCUT2D eigenvalue weighted by Gasteiger charge is 2.21. The van der Waals surface area contributed by atoms with E-state index in [1.807, 2.05) is 0 Å². The van der Waals surface area contributed by atoms with Gasteiger partial charge in [0.15, 0.2) is 5.82 Å². The normalized spacial score (nSPS) is 19.3. The molecule has 17 heavy (non-hydrogen) atoms. The van der Waals surface area contributed by atoms with Crippen molar-refractivity contribution in [3.63, 3.8) is 0 Å². The molecule has 1 aromatic heterocycles. The summed E-state index contributed by atoms with van der Waals surface area (Å²) in [6, 6.07) is 1.09. The Kier molecular flexibility index (Phi) is 3.63. The van der Waals surface area contributed by atoms with E-state index in [0.717, 1.165) is 18.7 Å². The fourth-order valence-electron chi connectivity index (χ4n) is 1.56. The molecular weight excluding hydrogens is 232 g/mol. The highest BCUT2D eigenvalue weighted by molar-refractivity contribution is 5.89. The van der Waals surface area contributed by atoms with E-state index in [4.69, 9.17) is 9.47 Å². The molecule has 4 nitrogen and oxygen atoms in total. The van der Waals surface area contributed by atoms with Gasteiger partial charge in [0.1, 0.15) is 5.56 Å². The fraction of sp³-hybridized carbons (Fsp3) is 0.455. The molecule has 1 fully saturated rings. The first-order valence-corrected chi connectivity index (χ1v) is 5.23. The molecule has 1 aliphatic heterocycles. The summed E-state index contributed by atoms with van der Waals surface area (Å²) >= 11 is 0. The average Bonchev–Trinajstić information content (AvgIpc) is 2.82. The fourth-order valence-corrected chi connectivity index (χ4v) is 1.56. The SMILES string of the molecule is O=C(OCC1CCOC1)c1ccnc(F)c1F. The van der Waals surface area contributed by atoms with Crippen molar-refractivity contribution in [2.45, 2.75) is 6.42 Å². The largest absolute Gasteiger partial charge is 0.462 e. The molecular formula is C11H11F2NO3. The van der Waals surface area contributed by atoms with Crippen molar-refractivity contribution in [2.24, 2.45) is 5.92 Å². The third-order valence-electron chi connectivity index (χ3n) is 2.54. The van der Waals surface area contributed by atoms with Crippen molar-refractivity contribution < 1.29 is 23.0 Å². The number of carbonyl (C=O) groups is 1. The van der Waals surface area contributed by atoms with Crippen LogP contribution in [-0.2, 0) is 9.47 Å². The lowest BCUT2D eigenvalue weighted by atomic mass is 10.1. The van der Waals surface area contributed by atoms with Crippen LogP contribution in [0.3, 0.4) is 0 Å². The van der Waals surface area contributed by atoms with Gasteiger partial charge in [-0.1, -0.05) is 0 Å². The van der Waals surface area contributed by atoms with E-state index in [9.17, 15) is 13.6 Å². The predicted molar refractivity (Wildman–Crippen MR) is 53.4 cm³/mol. The minimum Gasteiger partial charge on any atom is -0.462 e. The standard InChI is InChI=1S/C11H11F2NO3/c12-9-8(1-3-14-10(9)13)11(15)17-6-7-2-4-16-5-7/h1,3,7H,2,4-6H2. The lowest BCUT2D eigenvalue weighted by molar-refractivity contribution is 0.0421. The van der Waals surface area contributed by atoms with Crippen LogP contribution in [0.25, 0.3) is 0 Å². The van der Waals surface area contributed by atoms with Gasteiger partial charge in [-0.15, -0.1) is 0 Å². The topological polar surface area (TPSA) is 48.4 Å². The Bertz CT molecular complexity index is 419. The van der Waals surface area contributed by atoms with E-state index in [2.05, 4.69) is 4.98 Å².